The maximum atomic E-state index is 12.7. The zero-order chi connectivity index (χ0) is 18.5. The molecule has 0 spiro atoms. The standard InChI is InChI=1S/C18H24N6O2/c1-3-23(12-17-21-13(2)26-22-17)16-5-4-7-24(8-6-16)18(25)14-9-15(10-19)20-11-14/h9,11,16,20H,3-8,12H2,1-2H3. The minimum Gasteiger partial charge on any atom is -0.352 e. The highest BCUT2D eigenvalue weighted by Crippen LogP contribution is 2.20. The lowest BCUT2D eigenvalue weighted by atomic mass is 10.1. The van der Waals surface area contributed by atoms with Gasteiger partial charge in [0.25, 0.3) is 5.91 Å². The molecule has 3 rings (SSSR count). The highest BCUT2D eigenvalue weighted by Gasteiger charge is 2.26. The molecule has 0 radical (unpaired) electrons. The van der Waals surface area contributed by atoms with Crippen molar-refractivity contribution >= 4 is 5.91 Å². The minimum atomic E-state index is -0.0137. The lowest BCUT2D eigenvalue weighted by molar-refractivity contribution is 0.0756. The number of carbonyl (C=O) groups excluding carboxylic acids is 1. The second kappa shape index (κ2) is 8.15. The molecule has 1 fully saturated rings. The fourth-order valence-electron chi connectivity index (χ4n) is 3.50. The Balaban J connectivity index is 1.61. The number of amides is 1. The molecule has 2 aromatic rings. The fourth-order valence-corrected chi connectivity index (χ4v) is 3.50. The summed E-state index contributed by atoms with van der Waals surface area (Å²) in [5.41, 5.74) is 0.961. The predicted octanol–water partition coefficient (Wildman–Crippen LogP) is 2.09. The minimum absolute atomic E-state index is 0.0137. The number of nitriles is 1. The molecule has 8 heteroatoms. The van der Waals surface area contributed by atoms with Crippen molar-refractivity contribution in [2.75, 3.05) is 19.6 Å². The van der Waals surface area contributed by atoms with Crippen LogP contribution in [-0.4, -0.2) is 56.5 Å². The van der Waals surface area contributed by atoms with E-state index in [-0.39, 0.29) is 5.91 Å². The normalized spacial score (nSPS) is 17.9. The van der Waals surface area contributed by atoms with Crippen molar-refractivity contribution in [1.29, 1.82) is 5.26 Å². The van der Waals surface area contributed by atoms with Gasteiger partial charge in [0.05, 0.1) is 12.1 Å². The molecule has 1 atom stereocenters. The molecule has 0 aromatic carbocycles. The number of hydrogen-bond donors (Lipinski definition) is 1. The Morgan fingerprint density at radius 1 is 1.50 bits per heavy atom. The number of aromatic nitrogens is 3. The van der Waals surface area contributed by atoms with E-state index >= 15 is 0 Å². The van der Waals surface area contributed by atoms with Crippen LogP contribution in [0, 0.1) is 18.3 Å². The van der Waals surface area contributed by atoms with Crippen LogP contribution in [0.15, 0.2) is 16.8 Å². The maximum Gasteiger partial charge on any atom is 0.255 e. The van der Waals surface area contributed by atoms with Crippen molar-refractivity contribution < 1.29 is 9.32 Å². The largest absolute Gasteiger partial charge is 0.352 e. The van der Waals surface area contributed by atoms with Crippen molar-refractivity contribution in [1.82, 2.24) is 24.9 Å². The molecule has 1 aliphatic heterocycles. The SMILES string of the molecule is CCN(Cc1noc(C)n1)C1CCCN(C(=O)c2c[nH]c(C#N)c2)CC1. The third kappa shape index (κ3) is 4.11. The van der Waals surface area contributed by atoms with Gasteiger partial charge >= 0.3 is 0 Å². The monoisotopic (exact) mass is 356 g/mol. The van der Waals surface area contributed by atoms with E-state index in [0.29, 0.717) is 42.1 Å². The predicted molar refractivity (Wildman–Crippen MR) is 94.2 cm³/mol. The topological polar surface area (TPSA) is 102 Å². The summed E-state index contributed by atoms with van der Waals surface area (Å²) in [5, 5.41) is 12.9. The van der Waals surface area contributed by atoms with Gasteiger partial charge in [-0.05, 0) is 31.9 Å². The number of aryl methyl sites for hydroxylation is 1. The second-order valence-corrected chi connectivity index (χ2v) is 6.58. The van der Waals surface area contributed by atoms with Crippen LogP contribution >= 0.6 is 0 Å². The van der Waals surface area contributed by atoms with Crippen LogP contribution in [0.5, 0.6) is 0 Å². The molecule has 0 bridgehead atoms. The number of nitrogens with one attached hydrogen (secondary N) is 1. The van der Waals surface area contributed by atoms with E-state index < -0.39 is 0 Å². The number of carbonyl (C=O) groups is 1. The Morgan fingerprint density at radius 2 is 2.35 bits per heavy atom. The van der Waals surface area contributed by atoms with Crippen LogP contribution in [0.25, 0.3) is 0 Å². The molecule has 0 saturated carbocycles. The number of H-pyrrole nitrogens is 1. The fraction of sp³-hybridized carbons (Fsp3) is 0.556. The van der Waals surface area contributed by atoms with E-state index in [0.717, 1.165) is 32.4 Å². The van der Waals surface area contributed by atoms with Crippen molar-refractivity contribution in [3.8, 4) is 6.07 Å². The Bertz CT molecular complexity index is 790. The van der Waals surface area contributed by atoms with E-state index in [1.54, 1.807) is 19.2 Å². The molecular weight excluding hydrogens is 332 g/mol. The molecule has 26 heavy (non-hydrogen) atoms. The highest BCUT2D eigenvalue weighted by atomic mass is 16.5. The first-order valence-corrected chi connectivity index (χ1v) is 9.01. The van der Waals surface area contributed by atoms with Crippen molar-refractivity contribution in [2.45, 2.75) is 45.7 Å². The van der Waals surface area contributed by atoms with E-state index in [4.69, 9.17) is 9.78 Å². The number of hydrogen-bond acceptors (Lipinski definition) is 6. The van der Waals surface area contributed by atoms with E-state index in [2.05, 4.69) is 26.9 Å². The third-order valence-electron chi connectivity index (χ3n) is 4.87. The summed E-state index contributed by atoms with van der Waals surface area (Å²) >= 11 is 0. The van der Waals surface area contributed by atoms with Crippen molar-refractivity contribution in [3.63, 3.8) is 0 Å². The summed E-state index contributed by atoms with van der Waals surface area (Å²) in [5.74, 6) is 1.27. The summed E-state index contributed by atoms with van der Waals surface area (Å²) in [6, 6.07) is 4.02. The first-order chi connectivity index (χ1) is 12.6. The van der Waals surface area contributed by atoms with Gasteiger partial charge in [-0.3, -0.25) is 9.69 Å². The molecule has 1 amide bonds. The van der Waals surface area contributed by atoms with E-state index in [1.807, 2.05) is 11.0 Å². The molecule has 3 heterocycles. The molecule has 8 nitrogen and oxygen atoms in total. The number of likely N-dealkylation sites (tertiary alicyclic amines) is 1. The van der Waals surface area contributed by atoms with Crippen molar-refractivity contribution in [2.24, 2.45) is 0 Å². The molecule has 138 valence electrons. The Labute approximate surface area is 152 Å². The molecule has 1 N–H and O–H groups in total. The van der Waals surface area contributed by atoms with Crippen LogP contribution in [0.2, 0.25) is 0 Å². The lowest BCUT2D eigenvalue weighted by Gasteiger charge is -2.28. The van der Waals surface area contributed by atoms with Gasteiger partial charge in [-0.2, -0.15) is 10.2 Å². The van der Waals surface area contributed by atoms with Crippen molar-refractivity contribution in [3.05, 3.63) is 35.2 Å². The van der Waals surface area contributed by atoms with E-state index in [9.17, 15) is 4.79 Å². The average Bonchev–Trinajstić information content (AvgIpc) is 3.22. The number of aromatic amines is 1. The van der Waals surface area contributed by atoms with E-state index in [1.165, 1.54) is 0 Å². The van der Waals surface area contributed by atoms with Crippen LogP contribution < -0.4 is 0 Å². The van der Waals surface area contributed by atoms with Gasteiger partial charge in [0.1, 0.15) is 11.8 Å². The molecule has 1 unspecified atom stereocenters. The lowest BCUT2D eigenvalue weighted by Crippen LogP contribution is -2.37. The van der Waals surface area contributed by atoms with Crippen LogP contribution in [0.3, 0.4) is 0 Å². The molecule has 0 aliphatic carbocycles. The summed E-state index contributed by atoms with van der Waals surface area (Å²) in [7, 11) is 0. The number of nitrogens with zero attached hydrogens (tertiary/aromatic N) is 5. The first-order valence-electron chi connectivity index (χ1n) is 9.01. The first kappa shape index (κ1) is 18.1. The average molecular weight is 356 g/mol. The summed E-state index contributed by atoms with van der Waals surface area (Å²) in [4.78, 5) is 24.0. The van der Waals surface area contributed by atoms with Crippen LogP contribution in [0.1, 0.15) is 54.0 Å². The zero-order valence-corrected chi connectivity index (χ0v) is 15.2. The van der Waals surface area contributed by atoms with Gasteiger partial charge in [0.2, 0.25) is 5.89 Å². The number of rotatable bonds is 5. The van der Waals surface area contributed by atoms with Gasteiger partial charge in [-0.1, -0.05) is 12.1 Å². The summed E-state index contributed by atoms with van der Waals surface area (Å²) in [6.07, 6.45) is 4.50. The second-order valence-electron chi connectivity index (χ2n) is 6.58. The van der Waals surface area contributed by atoms with Gasteiger partial charge in [-0.15, -0.1) is 0 Å². The summed E-state index contributed by atoms with van der Waals surface area (Å²) in [6.45, 7) is 6.93. The quantitative estimate of drug-likeness (QED) is 0.880. The van der Waals surface area contributed by atoms with Gasteiger partial charge in [0, 0.05) is 32.3 Å². The molecule has 2 aromatic heterocycles. The Kier molecular flexibility index (Phi) is 5.68. The smallest absolute Gasteiger partial charge is 0.255 e. The van der Waals surface area contributed by atoms with Gasteiger partial charge in [-0.25, -0.2) is 0 Å². The molecule has 1 aliphatic rings. The van der Waals surface area contributed by atoms with Gasteiger partial charge < -0.3 is 14.4 Å². The molecule has 1 saturated heterocycles. The molecular formula is C18H24N6O2. The Hall–Kier alpha value is -2.66. The Morgan fingerprint density at radius 3 is 3.00 bits per heavy atom. The zero-order valence-electron chi connectivity index (χ0n) is 15.2. The maximum absolute atomic E-state index is 12.7. The van der Waals surface area contributed by atoms with Crippen LogP contribution in [-0.2, 0) is 6.54 Å². The third-order valence-corrected chi connectivity index (χ3v) is 4.87. The summed E-state index contributed by atoms with van der Waals surface area (Å²) < 4.78 is 5.06. The highest BCUT2D eigenvalue weighted by molar-refractivity contribution is 5.94. The van der Waals surface area contributed by atoms with Crippen LogP contribution in [0.4, 0.5) is 0 Å². The van der Waals surface area contributed by atoms with Gasteiger partial charge in [0.15, 0.2) is 5.82 Å².